The monoisotopic (exact) mass is 326 g/mol. The first-order valence-electron chi connectivity index (χ1n) is 7.81. The number of nitrogen functional groups attached to an aromatic ring is 2. The molecule has 0 amide bonds. The number of aromatic amines is 1. The van der Waals surface area contributed by atoms with E-state index in [2.05, 4.69) is 20.2 Å². The van der Waals surface area contributed by atoms with Gasteiger partial charge in [-0.15, -0.1) is 0 Å². The third-order valence-corrected chi connectivity index (χ3v) is 4.04. The summed E-state index contributed by atoms with van der Waals surface area (Å²) in [5.41, 5.74) is 14.0. The zero-order valence-electron chi connectivity index (χ0n) is 13.0. The second-order valence-electron chi connectivity index (χ2n) is 5.76. The van der Waals surface area contributed by atoms with Gasteiger partial charge >= 0.3 is 0 Å². The summed E-state index contributed by atoms with van der Waals surface area (Å²) in [4.78, 5) is 8.19. The number of rotatable bonds is 3. The first-order valence-corrected chi connectivity index (χ1v) is 7.81. The average Bonchev–Trinajstić information content (AvgIpc) is 2.97. The molecule has 0 bridgehead atoms. The van der Waals surface area contributed by atoms with Crippen molar-refractivity contribution in [3.63, 3.8) is 0 Å². The van der Waals surface area contributed by atoms with Crippen LogP contribution in [0.5, 0.6) is 5.75 Å². The van der Waals surface area contributed by atoms with E-state index in [9.17, 15) is 0 Å². The first-order chi connectivity index (χ1) is 11.7. The van der Waals surface area contributed by atoms with Gasteiger partial charge in [-0.2, -0.15) is 5.10 Å². The highest BCUT2D eigenvalue weighted by molar-refractivity contribution is 5.97. The summed E-state index contributed by atoms with van der Waals surface area (Å²) in [7, 11) is 0. The number of hydrogen-bond acceptors (Lipinski definition) is 7. The van der Waals surface area contributed by atoms with Crippen LogP contribution in [0.4, 0.5) is 11.8 Å². The number of fused-ring (bicyclic) bond motifs is 1. The Morgan fingerprint density at radius 2 is 2.21 bits per heavy atom. The molecule has 1 fully saturated rings. The Labute approximate surface area is 138 Å². The molecule has 1 saturated heterocycles. The Morgan fingerprint density at radius 1 is 1.29 bits per heavy atom. The largest absolute Gasteiger partial charge is 0.487 e. The van der Waals surface area contributed by atoms with E-state index in [1.165, 1.54) is 0 Å². The molecule has 2 aromatic heterocycles. The van der Waals surface area contributed by atoms with E-state index < -0.39 is 0 Å². The van der Waals surface area contributed by atoms with Gasteiger partial charge in [-0.1, -0.05) is 0 Å². The van der Waals surface area contributed by atoms with Crippen molar-refractivity contribution in [2.45, 2.75) is 18.9 Å². The minimum atomic E-state index is 0.00182. The summed E-state index contributed by atoms with van der Waals surface area (Å²) in [5.74, 6) is 1.30. The second-order valence-corrected chi connectivity index (χ2v) is 5.76. The molecule has 4 rings (SSSR count). The van der Waals surface area contributed by atoms with E-state index in [4.69, 9.17) is 20.9 Å². The summed E-state index contributed by atoms with van der Waals surface area (Å²) in [6.07, 6.45) is 3.56. The van der Waals surface area contributed by atoms with E-state index in [0.29, 0.717) is 23.9 Å². The molecular weight excluding hydrogens is 308 g/mol. The van der Waals surface area contributed by atoms with E-state index in [1.807, 2.05) is 12.1 Å². The number of nitrogens with one attached hydrogen (secondary N) is 1. The fraction of sp³-hybridized carbons (Fsp3) is 0.312. The van der Waals surface area contributed by atoms with Crippen LogP contribution in [0.25, 0.3) is 22.2 Å². The van der Waals surface area contributed by atoms with Crippen LogP contribution in [0.1, 0.15) is 12.8 Å². The number of aromatic nitrogens is 4. The van der Waals surface area contributed by atoms with Crippen molar-refractivity contribution in [2.24, 2.45) is 0 Å². The van der Waals surface area contributed by atoms with Crippen LogP contribution in [0.2, 0.25) is 0 Å². The molecule has 0 spiro atoms. The smallest absolute Gasteiger partial charge is 0.220 e. The summed E-state index contributed by atoms with van der Waals surface area (Å²) >= 11 is 0. The molecule has 0 aliphatic carbocycles. The minimum absolute atomic E-state index is 0.00182. The Hall–Kier alpha value is -2.87. The molecule has 1 aliphatic rings. The maximum atomic E-state index is 6.16. The molecule has 1 unspecified atom stereocenters. The van der Waals surface area contributed by atoms with Crippen LogP contribution >= 0.6 is 0 Å². The van der Waals surface area contributed by atoms with Crippen LogP contribution in [0.3, 0.4) is 0 Å². The lowest BCUT2D eigenvalue weighted by molar-refractivity contribution is 0.00812. The number of anilines is 2. The predicted octanol–water partition coefficient (Wildman–Crippen LogP) is 1.74. The van der Waals surface area contributed by atoms with Gasteiger partial charge in [0, 0.05) is 18.4 Å². The molecule has 3 heterocycles. The quantitative estimate of drug-likeness (QED) is 0.669. The number of ether oxygens (including phenoxy) is 2. The highest BCUT2D eigenvalue weighted by Crippen LogP contribution is 2.35. The third-order valence-electron chi connectivity index (χ3n) is 4.04. The number of hydrogen-bond donors (Lipinski definition) is 3. The molecule has 1 aliphatic heterocycles. The topological polar surface area (TPSA) is 125 Å². The van der Waals surface area contributed by atoms with Crippen molar-refractivity contribution >= 4 is 22.7 Å². The molecule has 0 radical (unpaired) electrons. The third kappa shape index (κ3) is 2.71. The van der Waals surface area contributed by atoms with Crippen molar-refractivity contribution in [2.75, 3.05) is 24.7 Å². The van der Waals surface area contributed by atoms with E-state index in [0.717, 1.165) is 35.9 Å². The predicted molar refractivity (Wildman–Crippen MR) is 90.4 cm³/mol. The van der Waals surface area contributed by atoms with Crippen LogP contribution < -0.4 is 16.2 Å². The van der Waals surface area contributed by atoms with Crippen molar-refractivity contribution in [3.8, 4) is 17.0 Å². The SMILES string of the molecule is Nc1nccc(-c2cc(OC3CCCOC3)c3c(N)n[nH]c3c2)n1. The fourth-order valence-electron chi connectivity index (χ4n) is 2.90. The number of H-pyrrole nitrogens is 1. The summed E-state index contributed by atoms with van der Waals surface area (Å²) in [6, 6.07) is 5.63. The molecule has 8 heteroatoms. The maximum Gasteiger partial charge on any atom is 0.220 e. The van der Waals surface area contributed by atoms with E-state index in [1.54, 1.807) is 12.3 Å². The molecule has 0 saturated carbocycles. The van der Waals surface area contributed by atoms with Crippen LogP contribution in [-0.2, 0) is 4.74 Å². The van der Waals surface area contributed by atoms with Crippen molar-refractivity contribution in [1.29, 1.82) is 0 Å². The molecule has 1 atom stereocenters. The highest BCUT2D eigenvalue weighted by atomic mass is 16.5. The van der Waals surface area contributed by atoms with Crippen LogP contribution in [0.15, 0.2) is 24.4 Å². The lowest BCUT2D eigenvalue weighted by Crippen LogP contribution is -2.28. The zero-order chi connectivity index (χ0) is 16.5. The lowest BCUT2D eigenvalue weighted by atomic mass is 10.1. The Morgan fingerprint density at radius 3 is 3.00 bits per heavy atom. The summed E-state index contributed by atoms with van der Waals surface area (Å²) < 4.78 is 11.7. The Bertz CT molecular complexity index is 872. The molecule has 24 heavy (non-hydrogen) atoms. The first kappa shape index (κ1) is 14.7. The molecule has 124 valence electrons. The molecular formula is C16H18N6O2. The van der Waals surface area contributed by atoms with Crippen LogP contribution in [-0.4, -0.2) is 39.5 Å². The van der Waals surface area contributed by atoms with Gasteiger partial charge in [0.05, 0.1) is 23.2 Å². The van der Waals surface area contributed by atoms with Gasteiger partial charge in [0.2, 0.25) is 5.95 Å². The van der Waals surface area contributed by atoms with Gasteiger partial charge < -0.3 is 20.9 Å². The van der Waals surface area contributed by atoms with Crippen molar-refractivity contribution in [3.05, 3.63) is 24.4 Å². The fourth-order valence-corrected chi connectivity index (χ4v) is 2.90. The van der Waals surface area contributed by atoms with E-state index >= 15 is 0 Å². The lowest BCUT2D eigenvalue weighted by Gasteiger charge is -2.24. The number of nitrogens with zero attached hydrogens (tertiary/aromatic N) is 3. The number of nitrogens with two attached hydrogens (primary N) is 2. The Balaban J connectivity index is 1.79. The summed E-state index contributed by atoms with van der Waals surface area (Å²) in [6.45, 7) is 1.35. The number of benzene rings is 1. The maximum absolute atomic E-state index is 6.16. The average molecular weight is 326 g/mol. The van der Waals surface area contributed by atoms with Gasteiger partial charge in [-0.05, 0) is 31.0 Å². The van der Waals surface area contributed by atoms with Gasteiger partial charge in [0.1, 0.15) is 11.9 Å². The normalized spacial score (nSPS) is 17.9. The van der Waals surface area contributed by atoms with Gasteiger partial charge in [-0.3, -0.25) is 5.10 Å². The second kappa shape index (κ2) is 5.97. The molecule has 1 aromatic carbocycles. The molecule has 8 nitrogen and oxygen atoms in total. The zero-order valence-corrected chi connectivity index (χ0v) is 13.0. The molecule has 3 aromatic rings. The van der Waals surface area contributed by atoms with E-state index in [-0.39, 0.29) is 12.1 Å². The van der Waals surface area contributed by atoms with Crippen LogP contribution in [0, 0.1) is 0 Å². The highest BCUT2D eigenvalue weighted by Gasteiger charge is 2.19. The van der Waals surface area contributed by atoms with Gasteiger partial charge in [0.15, 0.2) is 5.82 Å². The van der Waals surface area contributed by atoms with Crippen molar-refractivity contribution < 1.29 is 9.47 Å². The standard InChI is InChI=1S/C16H18N6O2/c17-15-14-12(21-22-15)6-9(11-3-4-19-16(18)20-11)7-13(14)24-10-2-1-5-23-8-10/h3-4,6-7,10H,1-2,5,8H2,(H3,17,21,22)(H2,18,19,20). The van der Waals surface area contributed by atoms with Crippen molar-refractivity contribution in [1.82, 2.24) is 20.2 Å². The Kier molecular flexibility index (Phi) is 3.66. The van der Waals surface area contributed by atoms with Gasteiger partial charge in [-0.25, -0.2) is 9.97 Å². The van der Waals surface area contributed by atoms with Gasteiger partial charge in [0.25, 0.3) is 0 Å². The molecule has 5 N–H and O–H groups in total. The minimum Gasteiger partial charge on any atom is -0.487 e. The summed E-state index contributed by atoms with van der Waals surface area (Å²) in [5, 5.41) is 7.79.